The van der Waals surface area contributed by atoms with Crippen LogP contribution in [0.2, 0.25) is 0 Å². The Labute approximate surface area is 187 Å². The summed E-state index contributed by atoms with van der Waals surface area (Å²) in [7, 11) is -3.67. The van der Waals surface area contributed by atoms with E-state index in [-0.39, 0.29) is 17.3 Å². The van der Waals surface area contributed by atoms with Gasteiger partial charge in [0, 0.05) is 24.2 Å². The van der Waals surface area contributed by atoms with Crippen molar-refractivity contribution in [3.8, 4) is 0 Å². The molecule has 6 heteroatoms. The number of benzene rings is 4. The first-order valence-electron chi connectivity index (χ1n) is 10.8. The lowest BCUT2D eigenvalue weighted by Crippen LogP contribution is -2.43. The zero-order valence-corrected chi connectivity index (χ0v) is 18.4. The molecule has 1 N–H and O–H groups in total. The van der Waals surface area contributed by atoms with Gasteiger partial charge in [-0.1, -0.05) is 66.7 Å². The molecular weight excluding hydrogens is 420 g/mol. The second-order valence-corrected chi connectivity index (χ2v) is 10.2. The van der Waals surface area contributed by atoms with Gasteiger partial charge in [0.15, 0.2) is 0 Å². The van der Waals surface area contributed by atoms with E-state index in [1.54, 1.807) is 12.1 Å². The summed E-state index contributed by atoms with van der Waals surface area (Å²) in [5, 5.41) is 6.94. The molecule has 1 aliphatic rings. The van der Waals surface area contributed by atoms with Crippen LogP contribution < -0.4 is 5.32 Å². The number of rotatable bonds is 4. The molecule has 0 aliphatic carbocycles. The molecule has 0 spiro atoms. The zero-order chi connectivity index (χ0) is 22.1. The number of hydrogen-bond acceptors (Lipinski definition) is 3. The van der Waals surface area contributed by atoms with Crippen LogP contribution in [0.1, 0.15) is 12.8 Å². The molecule has 0 saturated carbocycles. The molecule has 1 atom stereocenters. The van der Waals surface area contributed by atoms with Crippen molar-refractivity contribution in [2.75, 3.05) is 18.4 Å². The predicted octanol–water partition coefficient (Wildman–Crippen LogP) is 5.03. The molecule has 1 fully saturated rings. The molecule has 1 aliphatic heterocycles. The molecule has 4 aromatic carbocycles. The maximum absolute atomic E-state index is 13.3. The van der Waals surface area contributed by atoms with Crippen molar-refractivity contribution < 1.29 is 13.2 Å². The summed E-state index contributed by atoms with van der Waals surface area (Å²) in [5.74, 6) is -0.530. The lowest BCUT2D eigenvalue weighted by molar-refractivity contribution is -0.120. The standard InChI is InChI=1S/C26H24N2O3S/c29-26(27-25-13-5-10-20-8-3-4-12-24(20)25)22-11-6-16-28(18-22)32(30,31)23-15-14-19-7-1-2-9-21(19)17-23/h1-5,7-10,12-15,17,22H,6,11,16,18H2,(H,27,29)/t22-/m1/s1. The second-order valence-electron chi connectivity index (χ2n) is 8.23. The van der Waals surface area contributed by atoms with E-state index < -0.39 is 15.9 Å². The quantitative estimate of drug-likeness (QED) is 0.480. The van der Waals surface area contributed by atoms with Gasteiger partial charge in [-0.25, -0.2) is 8.42 Å². The third-order valence-electron chi connectivity index (χ3n) is 6.16. The molecule has 0 unspecified atom stereocenters. The number of fused-ring (bicyclic) bond motifs is 2. The van der Waals surface area contributed by atoms with E-state index in [2.05, 4.69) is 5.32 Å². The number of anilines is 1. The number of hydrogen-bond donors (Lipinski definition) is 1. The van der Waals surface area contributed by atoms with Gasteiger partial charge in [0.1, 0.15) is 0 Å². The SMILES string of the molecule is O=C(Nc1cccc2ccccc12)[C@@H]1CCCN(S(=O)(=O)c2ccc3ccccc3c2)C1. The highest BCUT2D eigenvalue weighted by molar-refractivity contribution is 7.89. The number of nitrogens with one attached hydrogen (secondary N) is 1. The van der Waals surface area contributed by atoms with Crippen LogP contribution in [0.25, 0.3) is 21.5 Å². The maximum atomic E-state index is 13.3. The molecule has 0 radical (unpaired) electrons. The highest BCUT2D eigenvalue weighted by atomic mass is 32.2. The minimum Gasteiger partial charge on any atom is -0.325 e. The van der Waals surface area contributed by atoms with Crippen LogP contribution in [-0.4, -0.2) is 31.7 Å². The van der Waals surface area contributed by atoms with Gasteiger partial charge >= 0.3 is 0 Å². The average molecular weight is 445 g/mol. The lowest BCUT2D eigenvalue weighted by Gasteiger charge is -2.31. The van der Waals surface area contributed by atoms with E-state index in [0.717, 1.165) is 27.2 Å². The monoisotopic (exact) mass is 444 g/mol. The fourth-order valence-electron chi connectivity index (χ4n) is 4.42. The summed E-state index contributed by atoms with van der Waals surface area (Å²) < 4.78 is 28.1. The van der Waals surface area contributed by atoms with Crippen LogP contribution in [0.3, 0.4) is 0 Å². The molecule has 5 nitrogen and oxygen atoms in total. The average Bonchev–Trinajstić information content (AvgIpc) is 2.84. The summed E-state index contributed by atoms with van der Waals surface area (Å²) in [5.41, 5.74) is 0.752. The molecule has 162 valence electrons. The fourth-order valence-corrected chi connectivity index (χ4v) is 5.98. The number of amides is 1. The summed E-state index contributed by atoms with van der Waals surface area (Å²) in [4.78, 5) is 13.3. The Kier molecular flexibility index (Phi) is 5.41. The van der Waals surface area contributed by atoms with Gasteiger partial charge in [-0.2, -0.15) is 4.31 Å². The molecule has 4 aromatic rings. The van der Waals surface area contributed by atoms with E-state index in [0.29, 0.717) is 19.4 Å². The van der Waals surface area contributed by atoms with Crippen molar-refractivity contribution in [1.82, 2.24) is 4.31 Å². The minimum absolute atomic E-state index is 0.139. The molecule has 1 amide bonds. The van der Waals surface area contributed by atoms with Crippen LogP contribution in [0.15, 0.2) is 89.8 Å². The maximum Gasteiger partial charge on any atom is 0.243 e. The molecule has 0 aromatic heterocycles. The van der Waals surface area contributed by atoms with Gasteiger partial charge in [0.05, 0.1) is 10.8 Å². The van der Waals surface area contributed by atoms with Gasteiger partial charge in [0.2, 0.25) is 15.9 Å². The Morgan fingerprint density at radius 1 is 0.844 bits per heavy atom. The Morgan fingerprint density at radius 2 is 1.56 bits per heavy atom. The molecule has 0 bridgehead atoms. The third-order valence-corrected chi connectivity index (χ3v) is 8.02. The van der Waals surface area contributed by atoms with Crippen molar-refractivity contribution in [2.45, 2.75) is 17.7 Å². The topological polar surface area (TPSA) is 66.5 Å². The normalized spacial score (nSPS) is 17.4. The number of carbonyl (C=O) groups excluding carboxylic acids is 1. The number of sulfonamides is 1. The van der Waals surface area contributed by atoms with Crippen molar-refractivity contribution in [3.05, 3.63) is 84.9 Å². The van der Waals surface area contributed by atoms with E-state index in [4.69, 9.17) is 0 Å². The van der Waals surface area contributed by atoms with Crippen LogP contribution >= 0.6 is 0 Å². The number of nitrogens with zero attached hydrogens (tertiary/aromatic N) is 1. The van der Waals surface area contributed by atoms with Gasteiger partial charge in [-0.15, -0.1) is 0 Å². The second kappa shape index (κ2) is 8.37. The lowest BCUT2D eigenvalue weighted by atomic mass is 9.98. The third kappa shape index (κ3) is 3.87. The van der Waals surface area contributed by atoms with Crippen LogP contribution in [0.4, 0.5) is 5.69 Å². The molecular formula is C26H24N2O3S. The van der Waals surface area contributed by atoms with Gasteiger partial charge < -0.3 is 5.32 Å². The van der Waals surface area contributed by atoms with E-state index in [9.17, 15) is 13.2 Å². The molecule has 1 heterocycles. The van der Waals surface area contributed by atoms with Crippen LogP contribution in [0.5, 0.6) is 0 Å². The largest absolute Gasteiger partial charge is 0.325 e. The Morgan fingerprint density at radius 3 is 2.41 bits per heavy atom. The minimum atomic E-state index is -3.67. The Hall–Kier alpha value is -3.22. The van der Waals surface area contributed by atoms with E-state index in [1.807, 2.05) is 72.8 Å². The fraction of sp³-hybridized carbons (Fsp3) is 0.192. The molecule has 1 saturated heterocycles. The van der Waals surface area contributed by atoms with Gasteiger partial charge in [-0.05, 0) is 47.2 Å². The Balaban J connectivity index is 1.36. The predicted molar refractivity (Wildman–Crippen MR) is 128 cm³/mol. The van der Waals surface area contributed by atoms with Crippen molar-refractivity contribution in [1.29, 1.82) is 0 Å². The smallest absolute Gasteiger partial charge is 0.243 e. The summed E-state index contributed by atoms with van der Waals surface area (Å²) in [6, 6.07) is 26.6. The number of carbonyl (C=O) groups is 1. The van der Waals surface area contributed by atoms with Crippen molar-refractivity contribution >= 4 is 43.2 Å². The highest BCUT2D eigenvalue weighted by Gasteiger charge is 2.33. The number of piperidine rings is 1. The summed E-state index contributed by atoms with van der Waals surface area (Å²) >= 11 is 0. The molecule has 32 heavy (non-hydrogen) atoms. The molecule has 5 rings (SSSR count). The summed E-state index contributed by atoms with van der Waals surface area (Å²) in [6.45, 7) is 0.610. The van der Waals surface area contributed by atoms with Gasteiger partial charge in [0.25, 0.3) is 0 Å². The zero-order valence-electron chi connectivity index (χ0n) is 17.6. The summed E-state index contributed by atoms with van der Waals surface area (Å²) in [6.07, 6.45) is 1.32. The van der Waals surface area contributed by atoms with Crippen LogP contribution in [-0.2, 0) is 14.8 Å². The first-order valence-corrected chi connectivity index (χ1v) is 12.2. The van der Waals surface area contributed by atoms with Crippen molar-refractivity contribution in [2.24, 2.45) is 5.92 Å². The van der Waals surface area contributed by atoms with E-state index in [1.165, 1.54) is 4.31 Å². The van der Waals surface area contributed by atoms with Crippen LogP contribution in [0, 0.1) is 5.92 Å². The van der Waals surface area contributed by atoms with E-state index >= 15 is 0 Å². The first kappa shape index (κ1) is 20.7. The first-order chi connectivity index (χ1) is 15.5. The van der Waals surface area contributed by atoms with Gasteiger partial charge in [-0.3, -0.25) is 4.79 Å². The van der Waals surface area contributed by atoms with Crippen molar-refractivity contribution in [3.63, 3.8) is 0 Å². The highest BCUT2D eigenvalue weighted by Crippen LogP contribution is 2.28. The Bertz CT molecular complexity index is 1410.